The highest BCUT2D eigenvalue weighted by atomic mass is 35.5. The lowest BCUT2D eigenvalue weighted by Gasteiger charge is -2.17. The third kappa shape index (κ3) is 3.74. The molecule has 0 radical (unpaired) electrons. The van der Waals surface area contributed by atoms with Crippen molar-refractivity contribution in [2.24, 2.45) is 0 Å². The summed E-state index contributed by atoms with van der Waals surface area (Å²) in [7, 11) is -3.96. The first-order chi connectivity index (χ1) is 14.4. The zero-order valence-corrected chi connectivity index (χ0v) is 17.8. The molecule has 154 valence electrons. The minimum atomic E-state index is -3.96. The van der Waals surface area contributed by atoms with E-state index in [1.807, 2.05) is 30.3 Å². The van der Waals surface area contributed by atoms with Gasteiger partial charge in [-0.3, -0.25) is 14.6 Å². The van der Waals surface area contributed by atoms with E-state index in [1.165, 1.54) is 12.1 Å². The lowest BCUT2D eigenvalue weighted by Crippen LogP contribution is -2.22. The van der Waals surface area contributed by atoms with Crippen LogP contribution >= 0.6 is 11.8 Å². The van der Waals surface area contributed by atoms with Crippen LogP contribution < -0.4 is 9.38 Å². The Morgan fingerprint density at radius 3 is 2.43 bits per heavy atom. The van der Waals surface area contributed by atoms with Gasteiger partial charge in [-0.05, 0) is 48.7 Å². The minimum absolute atomic E-state index is 0.120. The van der Waals surface area contributed by atoms with Gasteiger partial charge in [-0.2, -0.15) is 12.2 Å². The molecule has 0 fully saturated rings. The van der Waals surface area contributed by atoms with Crippen molar-refractivity contribution in [3.05, 3.63) is 94.3 Å². The Hall–Kier alpha value is -3.03. The maximum absolute atomic E-state index is 12.9. The van der Waals surface area contributed by atoms with Crippen molar-refractivity contribution in [2.75, 3.05) is 3.82 Å². The van der Waals surface area contributed by atoms with E-state index < -0.39 is 10.0 Å². The minimum Gasteiger partial charge on any atom is -0.284 e. The first kappa shape index (κ1) is 20.3. The summed E-state index contributed by atoms with van der Waals surface area (Å²) >= 11 is 6.23. The van der Waals surface area contributed by atoms with E-state index in [4.69, 9.17) is 11.8 Å². The molecule has 0 saturated heterocycles. The number of hydrogen-bond donors (Lipinski definition) is 1. The molecule has 0 spiro atoms. The highest BCUT2D eigenvalue weighted by Crippen LogP contribution is 2.29. The van der Waals surface area contributed by atoms with Gasteiger partial charge in [0, 0.05) is 18.3 Å². The number of H-pyrrole nitrogens is 1. The number of hydrogen-bond acceptors (Lipinski definition) is 3. The van der Waals surface area contributed by atoms with E-state index in [0.29, 0.717) is 26.8 Å². The molecule has 8 heteroatoms. The number of aromatic nitrogens is 2. The fourth-order valence-electron chi connectivity index (χ4n) is 3.43. The SMILES string of the molecule is Cc1ccccc1S(=O)(=O)N(Cl)c1ccc2c(c1)c(=O)[nH]n2CCc1ccccc1. The van der Waals surface area contributed by atoms with Gasteiger partial charge in [-0.15, -0.1) is 0 Å². The number of nitrogens with one attached hydrogen (secondary N) is 1. The average molecular weight is 442 g/mol. The molecule has 6 nitrogen and oxygen atoms in total. The van der Waals surface area contributed by atoms with E-state index in [1.54, 1.807) is 41.9 Å². The highest BCUT2D eigenvalue weighted by molar-refractivity contribution is 7.94. The molecule has 4 rings (SSSR count). The second-order valence-corrected chi connectivity index (χ2v) is 9.31. The van der Waals surface area contributed by atoms with Gasteiger partial charge in [0.15, 0.2) is 0 Å². The van der Waals surface area contributed by atoms with E-state index in [-0.39, 0.29) is 16.1 Å². The molecular weight excluding hydrogens is 422 g/mol. The van der Waals surface area contributed by atoms with Crippen LogP contribution in [0.15, 0.2) is 82.5 Å². The maximum atomic E-state index is 12.9. The summed E-state index contributed by atoms with van der Waals surface area (Å²) in [5, 5.41) is 3.20. The van der Waals surface area contributed by atoms with Crippen LogP contribution in [-0.4, -0.2) is 18.2 Å². The lowest BCUT2D eigenvalue weighted by molar-refractivity contribution is 0.597. The Morgan fingerprint density at radius 1 is 1.00 bits per heavy atom. The Balaban J connectivity index is 1.66. The Bertz CT molecular complexity index is 1360. The fraction of sp³-hybridized carbons (Fsp3) is 0.136. The molecule has 0 aliphatic heterocycles. The molecule has 0 aliphatic rings. The second-order valence-electron chi connectivity index (χ2n) is 7.01. The first-order valence-electron chi connectivity index (χ1n) is 9.41. The smallest absolute Gasteiger partial charge is 0.278 e. The van der Waals surface area contributed by atoms with E-state index in [0.717, 1.165) is 12.0 Å². The summed E-state index contributed by atoms with van der Waals surface area (Å²) in [6, 6.07) is 21.4. The molecule has 4 aromatic rings. The van der Waals surface area contributed by atoms with Crippen LogP contribution in [0.3, 0.4) is 0 Å². The summed E-state index contributed by atoms with van der Waals surface area (Å²) < 4.78 is 28.3. The molecule has 1 N–H and O–H groups in total. The highest BCUT2D eigenvalue weighted by Gasteiger charge is 2.25. The van der Waals surface area contributed by atoms with Gasteiger partial charge >= 0.3 is 0 Å². The van der Waals surface area contributed by atoms with Crippen molar-refractivity contribution >= 4 is 38.4 Å². The largest absolute Gasteiger partial charge is 0.284 e. The van der Waals surface area contributed by atoms with Gasteiger partial charge < -0.3 is 0 Å². The Labute approximate surface area is 179 Å². The van der Waals surface area contributed by atoms with E-state index in [9.17, 15) is 13.2 Å². The fourth-order valence-corrected chi connectivity index (χ4v) is 5.04. The van der Waals surface area contributed by atoms with Crippen molar-refractivity contribution in [1.82, 2.24) is 9.78 Å². The zero-order chi connectivity index (χ0) is 21.3. The van der Waals surface area contributed by atoms with Gasteiger partial charge in [-0.1, -0.05) is 48.5 Å². The Kier molecular flexibility index (Phi) is 5.40. The molecule has 0 saturated carbocycles. The molecule has 1 heterocycles. The summed E-state index contributed by atoms with van der Waals surface area (Å²) in [5.74, 6) is 0. The maximum Gasteiger partial charge on any atom is 0.278 e. The van der Waals surface area contributed by atoms with Crippen LogP contribution in [0.2, 0.25) is 0 Å². The van der Waals surface area contributed by atoms with Crippen molar-refractivity contribution in [3.8, 4) is 0 Å². The molecule has 30 heavy (non-hydrogen) atoms. The van der Waals surface area contributed by atoms with Gasteiger partial charge in [0.1, 0.15) is 0 Å². The van der Waals surface area contributed by atoms with Crippen LogP contribution in [0.5, 0.6) is 0 Å². The molecular formula is C22H20ClN3O3S. The van der Waals surface area contributed by atoms with Crippen LogP contribution in [0.4, 0.5) is 5.69 Å². The van der Waals surface area contributed by atoms with Gasteiger partial charge in [0.25, 0.3) is 15.6 Å². The quantitative estimate of drug-likeness (QED) is 0.455. The van der Waals surface area contributed by atoms with Gasteiger partial charge in [-0.25, -0.2) is 0 Å². The van der Waals surface area contributed by atoms with E-state index in [2.05, 4.69) is 5.10 Å². The summed E-state index contributed by atoms with van der Waals surface area (Å²) in [5.41, 5.74) is 2.36. The monoisotopic (exact) mass is 441 g/mol. The first-order valence-corrected chi connectivity index (χ1v) is 11.2. The number of sulfonamides is 1. The van der Waals surface area contributed by atoms with Crippen molar-refractivity contribution in [3.63, 3.8) is 0 Å². The van der Waals surface area contributed by atoms with Crippen molar-refractivity contribution in [1.29, 1.82) is 0 Å². The summed E-state index contributed by atoms with van der Waals surface area (Å²) in [4.78, 5) is 12.6. The zero-order valence-electron chi connectivity index (χ0n) is 16.2. The van der Waals surface area contributed by atoms with Crippen LogP contribution in [0.25, 0.3) is 10.9 Å². The third-order valence-electron chi connectivity index (χ3n) is 5.00. The molecule has 0 unspecified atom stereocenters. The molecule has 0 bridgehead atoms. The number of nitrogens with zero attached hydrogens (tertiary/aromatic N) is 2. The molecule has 0 atom stereocenters. The van der Waals surface area contributed by atoms with Gasteiger partial charge in [0.2, 0.25) is 0 Å². The number of rotatable bonds is 6. The van der Waals surface area contributed by atoms with Gasteiger partial charge in [0.05, 0.1) is 21.5 Å². The standard InChI is InChI=1S/C22H20ClN3O3S/c1-16-7-5-6-10-21(16)30(28,29)26(23)18-11-12-20-19(15-18)22(27)24-25(20)14-13-17-8-3-2-4-9-17/h2-12,15H,13-14H2,1H3,(H,24,27). The number of aryl methyl sites for hydroxylation is 3. The third-order valence-corrected chi connectivity index (χ3v) is 7.39. The van der Waals surface area contributed by atoms with Crippen LogP contribution in [-0.2, 0) is 23.0 Å². The summed E-state index contributed by atoms with van der Waals surface area (Å²) in [6.07, 6.45) is 0.756. The molecule has 0 amide bonds. The number of halogens is 1. The molecule has 3 aromatic carbocycles. The molecule has 0 aliphatic carbocycles. The van der Waals surface area contributed by atoms with Crippen LogP contribution in [0, 0.1) is 6.92 Å². The molecule has 1 aromatic heterocycles. The number of aromatic amines is 1. The normalized spacial score (nSPS) is 11.7. The van der Waals surface area contributed by atoms with Crippen molar-refractivity contribution in [2.45, 2.75) is 24.8 Å². The second kappa shape index (κ2) is 8.01. The predicted molar refractivity (Wildman–Crippen MR) is 119 cm³/mol. The topological polar surface area (TPSA) is 75.2 Å². The van der Waals surface area contributed by atoms with E-state index >= 15 is 0 Å². The lowest BCUT2D eigenvalue weighted by atomic mass is 10.1. The summed E-state index contributed by atoms with van der Waals surface area (Å²) in [6.45, 7) is 2.30. The van der Waals surface area contributed by atoms with Crippen molar-refractivity contribution < 1.29 is 8.42 Å². The van der Waals surface area contributed by atoms with Crippen LogP contribution in [0.1, 0.15) is 11.1 Å². The number of anilines is 1. The Morgan fingerprint density at radius 2 is 1.70 bits per heavy atom. The average Bonchev–Trinajstić information content (AvgIpc) is 3.07. The predicted octanol–water partition coefficient (Wildman–Crippen LogP) is 4.23. The number of benzene rings is 3. The number of fused-ring (bicyclic) bond motifs is 1.